The van der Waals surface area contributed by atoms with Gasteiger partial charge in [0.2, 0.25) is 0 Å². The highest BCUT2D eigenvalue weighted by Crippen LogP contribution is 1.94. The molecule has 0 N–H and O–H groups in total. The number of hydrogen-bond donors (Lipinski definition) is 0. The normalized spacial score (nSPS) is 9.27. The Kier molecular flexibility index (Phi) is 6.07. The molecule has 2 nitrogen and oxygen atoms in total. The van der Waals surface area contributed by atoms with Crippen LogP contribution in [0.15, 0.2) is 12.2 Å². The van der Waals surface area contributed by atoms with Crippen LogP contribution in [0.1, 0.15) is 13.8 Å². The van der Waals surface area contributed by atoms with Gasteiger partial charge in [-0.1, -0.05) is 6.58 Å². The maximum Gasteiger partial charge on any atom is 0.186 e. The Bertz CT molecular complexity index is 143. The summed E-state index contributed by atoms with van der Waals surface area (Å²) in [5, 5.41) is 0.477. The minimum absolute atomic E-state index is 0.477. The van der Waals surface area contributed by atoms with E-state index < -0.39 is 0 Å². The summed E-state index contributed by atoms with van der Waals surface area (Å²) in [6.07, 6.45) is 0. The van der Waals surface area contributed by atoms with Crippen LogP contribution in [0, 0.1) is 0 Å². The number of thiocarbonyl (C=S) groups is 1. The molecule has 0 fully saturated rings. The lowest BCUT2D eigenvalue weighted by Gasteiger charge is -2.05. The van der Waals surface area contributed by atoms with Crippen molar-refractivity contribution in [2.75, 3.05) is 19.8 Å². The van der Waals surface area contributed by atoms with Crippen molar-refractivity contribution < 1.29 is 9.47 Å². The van der Waals surface area contributed by atoms with Crippen LogP contribution in [-0.4, -0.2) is 24.9 Å². The molecular formula is C8H14O2S. The second kappa shape index (κ2) is 6.31. The monoisotopic (exact) mass is 174 g/mol. The van der Waals surface area contributed by atoms with E-state index in [-0.39, 0.29) is 0 Å². The standard InChI is InChI=1S/C8H14O2S/c1-4-9-5-6-10-8(11)7(2)3/h2,4-6H2,1,3H3. The molecule has 0 aliphatic carbocycles. The quantitative estimate of drug-likeness (QED) is 0.360. The van der Waals surface area contributed by atoms with E-state index in [0.717, 1.165) is 5.57 Å². The molecule has 0 aliphatic rings. The van der Waals surface area contributed by atoms with Gasteiger partial charge < -0.3 is 9.47 Å². The second-order valence-electron chi connectivity index (χ2n) is 2.11. The Morgan fingerprint density at radius 3 is 2.55 bits per heavy atom. The van der Waals surface area contributed by atoms with Gasteiger partial charge in [0.25, 0.3) is 0 Å². The van der Waals surface area contributed by atoms with Crippen molar-refractivity contribution in [3.8, 4) is 0 Å². The van der Waals surface area contributed by atoms with Crippen molar-refractivity contribution in [3.63, 3.8) is 0 Å². The molecule has 0 saturated carbocycles. The first-order valence-corrected chi connectivity index (χ1v) is 3.99. The van der Waals surface area contributed by atoms with E-state index in [1.807, 2.05) is 13.8 Å². The van der Waals surface area contributed by atoms with E-state index in [9.17, 15) is 0 Å². The third kappa shape index (κ3) is 6.01. The van der Waals surface area contributed by atoms with Crippen molar-refractivity contribution >= 4 is 17.3 Å². The van der Waals surface area contributed by atoms with Crippen LogP contribution >= 0.6 is 12.2 Å². The molecule has 11 heavy (non-hydrogen) atoms. The van der Waals surface area contributed by atoms with Gasteiger partial charge in [0.05, 0.1) is 6.61 Å². The predicted molar refractivity (Wildman–Crippen MR) is 49.9 cm³/mol. The highest BCUT2D eigenvalue weighted by Gasteiger charge is 1.95. The van der Waals surface area contributed by atoms with Crippen LogP contribution < -0.4 is 0 Å². The topological polar surface area (TPSA) is 18.5 Å². The van der Waals surface area contributed by atoms with Gasteiger partial charge in [-0.05, 0) is 31.6 Å². The maximum absolute atomic E-state index is 5.11. The van der Waals surface area contributed by atoms with Gasteiger partial charge in [0, 0.05) is 6.61 Å². The number of ether oxygens (including phenoxy) is 2. The van der Waals surface area contributed by atoms with E-state index in [0.29, 0.717) is 24.9 Å². The van der Waals surface area contributed by atoms with Crippen LogP contribution in [0.2, 0.25) is 0 Å². The SMILES string of the molecule is C=C(C)C(=S)OCCOCC. The highest BCUT2D eigenvalue weighted by atomic mass is 32.1. The molecule has 64 valence electrons. The molecule has 0 saturated heterocycles. The van der Waals surface area contributed by atoms with Gasteiger partial charge in [-0.2, -0.15) is 0 Å². The van der Waals surface area contributed by atoms with E-state index in [2.05, 4.69) is 6.58 Å². The lowest BCUT2D eigenvalue weighted by molar-refractivity contribution is 0.108. The average Bonchev–Trinajstić information content (AvgIpc) is 1.97. The third-order valence-electron chi connectivity index (χ3n) is 1.01. The van der Waals surface area contributed by atoms with E-state index >= 15 is 0 Å². The predicted octanol–water partition coefficient (Wildman–Crippen LogP) is 1.94. The molecule has 0 amide bonds. The molecule has 0 radical (unpaired) electrons. The van der Waals surface area contributed by atoms with Crippen LogP contribution in [0.4, 0.5) is 0 Å². The van der Waals surface area contributed by atoms with E-state index in [1.54, 1.807) is 0 Å². The highest BCUT2D eigenvalue weighted by molar-refractivity contribution is 7.80. The summed E-state index contributed by atoms with van der Waals surface area (Å²) in [4.78, 5) is 0. The maximum atomic E-state index is 5.11. The van der Waals surface area contributed by atoms with Crippen molar-refractivity contribution in [1.29, 1.82) is 0 Å². The molecule has 0 atom stereocenters. The fourth-order valence-electron chi connectivity index (χ4n) is 0.461. The summed E-state index contributed by atoms with van der Waals surface area (Å²) in [5.74, 6) is 0. The first kappa shape index (κ1) is 10.6. The van der Waals surface area contributed by atoms with Gasteiger partial charge in [-0.3, -0.25) is 0 Å². The zero-order chi connectivity index (χ0) is 8.69. The first-order chi connectivity index (χ1) is 5.18. The summed E-state index contributed by atoms with van der Waals surface area (Å²) in [5.41, 5.74) is 0.788. The Morgan fingerprint density at radius 1 is 1.45 bits per heavy atom. The second-order valence-corrected chi connectivity index (χ2v) is 2.48. The molecule has 0 unspecified atom stereocenters. The lowest BCUT2D eigenvalue weighted by atomic mass is 10.4. The largest absolute Gasteiger partial charge is 0.481 e. The van der Waals surface area contributed by atoms with Crippen LogP contribution in [0.5, 0.6) is 0 Å². The van der Waals surface area contributed by atoms with Gasteiger partial charge in [-0.25, -0.2) is 0 Å². The molecule has 0 aromatic carbocycles. The summed E-state index contributed by atoms with van der Waals surface area (Å²) >= 11 is 4.85. The molecule has 0 aromatic heterocycles. The van der Waals surface area contributed by atoms with Crippen molar-refractivity contribution in [2.45, 2.75) is 13.8 Å². The van der Waals surface area contributed by atoms with Gasteiger partial charge in [0.15, 0.2) is 5.05 Å². The molecule has 0 aromatic rings. The zero-order valence-electron chi connectivity index (χ0n) is 7.05. The minimum atomic E-state index is 0.477. The van der Waals surface area contributed by atoms with E-state index in [1.165, 1.54) is 0 Å². The summed E-state index contributed by atoms with van der Waals surface area (Å²) in [6.45, 7) is 9.22. The minimum Gasteiger partial charge on any atom is -0.481 e. The summed E-state index contributed by atoms with van der Waals surface area (Å²) in [6, 6.07) is 0. The van der Waals surface area contributed by atoms with Gasteiger partial charge >= 0.3 is 0 Å². The number of rotatable bonds is 5. The lowest BCUT2D eigenvalue weighted by Crippen LogP contribution is -2.09. The van der Waals surface area contributed by atoms with Gasteiger partial charge in [0.1, 0.15) is 6.61 Å². The summed E-state index contributed by atoms with van der Waals surface area (Å²) in [7, 11) is 0. The molecule has 0 spiro atoms. The fraction of sp³-hybridized carbons (Fsp3) is 0.625. The van der Waals surface area contributed by atoms with Crippen molar-refractivity contribution in [2.24, 2.45) is 0 Å². The van der Waals surface area contributed by atoms with Crippen LogP contribution in [0.25, 0.3) is 0 Å². The Hall–Kier alpha value is -0.410. The molecule has 0 heterocycles. The third-order valence-corrected chi connectivity index (χ3v) is 1.48. The fourth-order valence-corrected chi connectivity index (χ4v) is 0.544. The summed E-state index contributed by atoms with van der Waals surface area (Å²) < 4.78 is 10.2. The smallest absolute Gasteiger partial charge is 0.186 e. The Morgan fingerprint density at radius 2 is 2.09 bits per heavy atom. The Labute approximate surface area is 73.2 Å². The Balaban J connectivity index is 3.25. The number of hydrogen-bond acceptors (Lipinski definition) is 3. The van der Waals surface area contributed by atoms with Crippen molar-refractivity contribution in [3.05, 3.63) is 12.2 Å². The molecule has 3 heteroatoms. The molecule has 0 aliphatic heterocycles. The average molecular weight is 174 g/mol. The first-order valence-electron chi connectivity index (χ1n) is 3.58. The van der Waals surface area contributed by atoms with Crippen molar-refractivity contribution in [1.82, 2.24) is 0 Å². The van der Waals surface area contributed by atoms with E-state index in [4.69, 9.17) is 21.7 Å². The van der Waals surface area contributed by atoms with Crippen LogP contribution in [-0.2, 0) is 9.47 Å². The molecular weight excluding hydrogens is 160 g/mol. The molecule has 0 bridgehead atoms. The van der Waals surface area contributed by atoms with Gasteiger partial charge in [-0.15, -0.1) is 0 Å². The van der Waals surface area contributed by atoms with Crippen LogP contribution in [0.3, 0.4) is 0 Å². The zero-order valence-corrected chi connectivity index (χ0v) is 7.87. The molecule has 0 rings (SSSR count).